The predicted molar refractivity (Wildman–Crippen MR) is 58.3 cm³/mol. The van der Waals surface area contributed by atoms with Gasteiger partial charge in [0.2, 0.25) is 0 Å². The molecule has 0 fully saturated rings. The van der Waals surface area contributed by atoms with E-state index in [0.29, 0.717) is 0 Å². The maximum Gasteiger partial charge on any atom is 0.331 e. The zero-order chi connectivity index (χ0) is 9.10. The van der Waals surface area contributed by atoms with E-state index in [-0.39, 0.29) is 0 Å². The fourth-order valence-corrected chi connectivity index (χ4v) is 1.45. The molecule has 0 saturated carbocycles. The van der Waals surface area contributed by atoms with Crippen LogP contribution in [0.4, 0.5) is 5.69 Å². The molecular formula is C11H7NS+. The molecule has 13 heavy (non-hydrogen) atoms. The maximum absolute atomic E-state index is 4.58. The molecule has 1 nitrogen and oxygen atoms in total. The molecule has 0 bridgehead atoms. The van der Waals surface area contributed by atoms with Gasteiger partial charge in [0.15, 0.2) is 0 Å². The van der Waals surface area contributed by atoms with Crippen molar-refractivity contribution in [3.8, 4) is 0 Å². The summed E-state index contributed by atoms with van der Waals surface area (Å²) in [4.78, 5) is 4.00. The number of isothiocyanates is 1. The highest BCUT2D eigenvalue weighted by molar-refractivity contribution is 7.78. The Morgan fingerprint density at radius 1 is 1.00 bits per heavy atom. The predicted octanol–water partition coefficient (Wildman–Crippen LogP) is 2.91. The Bertz CT molecular complexity index is 479. The lowest BCUT2D eigenvalue weighted by atomic mass is 10.1. The van der Waals surface area contributed by atoms with E-state index in [0.717, 1.165) is 11.1 Å². The summed E-state index contributed by atoms with van der Waals surface area (Å²) in [6.45, 7) is 0. The quantitative estimate of drug-likeness (QED) is 0.492. The average molecular weight is 185 g/mol. The van der Waals surface area contributed by atoms with Gasteiger partial charge in [-0.05, 0) is 11.5 Å². The Morgan fingerprint density at radius 3 is 2.62 bits per heavy atom. The monoisotopic (exact) mass is 185 g/mol. The number of nitrogens with zero attached hydrogens (tertiary/aromatic N) is 1. The number of aliphatic imine (C=N–C) groups is 1. The molecule has 0 aliphatic carbocycles. The molecule has 0 unspecified atom stereocenters. The standard InChI is InChI=1S/C11H7NS/c13-8-12-11-7-3-5-9-4-1-2-6-10(9)11/h1-7H/q+1. The summed E-state index contributed by atoms with van der Waals surface area (Å²) < 4.78 is 0. The van der Waals surface area contributed by atoms with E-state index < -0.39 is 0 Å². The first kappa shape index (κ1) is 8.11. The Kier molecular flexibility index (Phi) is 2.17. The highest BCUT2D eigenvalue weighted by Gasteiger charge is 2.06. The fraction of sp³-hybridized carbons (Fsp3) is 0. The molecule has 2 heteroatoms. The summed E-state index contributed by atoms with van der Waals surface area (Å²) in [5.41, 5.74) is 0.883. The zero-order valence-corrected chi connectivity index (χ0v) is 7.71. The second-order valence-corrected chi connectivity index (χ2v) is 2.88. The van der Waals surface area contributed by atoms with Crippen LogP contribution in [0.1, 0.15) is 0 Å². The Labute approximate surface area is 81.7 Å². The third-order valence-electron chi connectivity index (χ3n) is 1.93. The molecular weight excluding hydrogens is 178 g/mol. The highest BCUT2D eigenvalue weighted by atomic mass is 32.1. The molecule has 0 aliphatic rings. The summed E-state index contributed by atoms with van der Waals surface area (Å²) in [7, 11) is 0. The van der Waals surface area contributed by atoms with E-state index in [1.54, 1.807) is 0 Å². The summed E-state index contributed by atoms with van der Waals surface area (Å²) >= 11 is 4.58. The Hall–Kier alpha value is -1.50. The van der Waals surface area contributed by atoms with Gasteiger partial charge in [-0.1, -0.05) is 30.3 Å². The third kappa shape index (κ3) is 1.50. The highest BCUT2D eigenvalue weighted by Crippen LogP contribution is 2.21. The van der Waals surface area contributed by atoms with Crippen LogP contribution < -0.4 is 4.99 Å². The number of fused-ring (bicyclic) bond motifs is 1. The van der Waals surface area contributed by atoms with Crippen LogP contribution in [0.2, 0.25) is 0 Å². The number of rotatable bonds is 1. The molecule has 2 aromatic carbocycles. The lowest BCUT2D eigenvalue weighted by Gasteiger charge is -1.92. The average Bonchev–Trinajstić information content (AvgIpc) is 2.19. The molecule has 0 atom stereocenters. The Morgan fingerprint density at radius 2 is 1.77 bits per heavy atom. The summed E-state index contributed by atoms with van der Waals surface area (Å²) in [5.74, 6) is 0. The molecule has 1 radical (unpaired) electrons. The Balaban J connectivity index is 2.82. The van der Waals surface area contributed by atoms with Gasteiger partial charge >= 0.3 is 5.16 Å². The van der Waals surface area contributed by atoms with Crippen LogP contribution in [0.3, 0.4) is 0 Å². The minimum absolute atomic E-state index is 0.883. The van der Waals surface area contributed by atoms with E-state index in [1.165, 1.54) is 5.39 Å². The fourth-order valence-electron chi connectivity index (χ4n) is 1.35. The van der Waals surface area contributed by atoms with Crippen LogP contribution in [0.25, 0.3) is 10.8 Å². The molecule has 2 rings (SSSR count). The smallest absolute Gasteiger partial charge is 0.0616 e. The van der Waals surface area contributed by atoms with Crippen molar-refractivity contribution in [3.63, 3.8) is 0 Å². The van der Waals surface area contributed by atoms with Crippen molar-refractivity contribution in [2.45, 2.75) is 0 Å². The number of benzene rings is 2. The van der Waals surface area contributed by atoms with Gasteiger partial charge in [0, 0.05) is 6.07 Å². The molecule has 0 aromatic heterocycles. The second-order valence-electron chi connectivity index (χ2n) is 2.70. The second kappa shape index (κ2) is 3.48. The third-order valence-corrected chi connectivity index (χ3v) is 2.02. The van der Waals surface area contributed by atoms with Gasteiger partial charge in [-0.15, -0.1) is 0 Å². The van der Waals surface area contributed by atoms with Crippen molar-refractivity contribution in [1.29, 1.82) is 0 Å². The number of hydrogen-bond acceptors (Lipinski definition) is 2. The van der Waals surface area contributed by atoms with Crippen molar-refractivity contribution < 1.29 is 0 Å². The van der Waals surface area contributed by atoms with Crippen molar-refractivity contribution in [2.24, 2.45) is 0 Å². The first-order chi connectivity index (χ1) is 6.42. The van der Waals surface area contributed by atoms with Crippen LogP contribution in [-0.4, -0.2) is 5.16 Å². The van der Waals surface area contributed by atoms with Gasteiger partial charge in [-0.25, -0.2) is 0 Å². The molecule has 0 heterocycles. The summed E-state index contributed by atoms with van der Waals surface area (Å²) in [5, 5.41) is 4.67. The van der Waals surface area contributed by atoms with E-state index in [4.69, 9.17) is 0 Å². The normalized spacial score (nSPS) is 9.54. The van der Waals surface area contributed by atoms with E-state index >= 15 is 0 Å². The summed E-state index contributed by atoms with van der Waals surface area (Å²) in [6.07, 6.45) is 0. The minimum Gasteiger partial charge on any atom is -0.0616 e. The maximum atomic E-state index is 4.58. The van der Waals surface area contributed by atoms with Crippen LogP contribution in [0.15, 0.2) is 42.5 Å². The molecule has 0 N–H and O–H groups in total. The number of hydrogen-bond donors (Lipinski definition) is 0. The minimum atomic E-state index is 0.883. The van der Waals surface area contributed by atoms with Gasteiger partial charge < -0.3 is 0 Å². The molecule has 2 aromatic rings. The van der Waals surface area contributed by atoms with Crippen LogP contribution in [-0.2, 0) is 0 Å². The number of thiocarbonyl (C=S) groups is 1. The van der Waals surface area contributed by atoms with Crippen molar-refractivity contribution in [3.05, 3.63) is 42.5 Å². The topological polar surface area (TPSA) is 14.1 Å². The van der Waals surface area contributed by atoms with Crippen LogP contribution in [0, 0.1) is 0 Å². The van der Waals surface area contributed by atoms with E-state index in [9.17, 15) is 0 Å². The molecule has 0 spiro atoms. The molecule has 0 saturated heterocycles. The van der Waals surface area contributed by atoms with Gasteiger partial charge in [0.05, 0.1) is 17.6 Å². The van der Waals surface area contributed by atoms with Gasteiger partial charge in [0.1, 0.15) is 4.99 Å². The van der Waals surface area contributed by atoms with Crippen molar-refractivity contribution in [2.75, 3.05) is 0 Å². The van der Waals surface area contributed by atoms with Gasteiger partial charge in [0.25, 0.3) is 5.69 Å². The van der Waals surface area contributed by atoms with Gasteiger partial charge in [-0.3, -0.25) is 0 Å². The van der Waals surface area contributed by atoms with E-state index in [2.05, 4.69) is 34.5 Å². The SMILES string of the molecule is S=C=[N+]c1cccc2ccccc12. The largest absolute Gasteiger partial charge is 0.331 e. The lowest BCUT2D eigenvalue weighted by molar-refractivity contribution is 1.44. The zero-order valence-electron chi connectivity index (χ0n) is 6.90. The first-order valence-corrected chi connectivity index (χ1v) is 4.38. The van der Waals surface area contributed by atoms with Crippen LogP contribution >= 0.6 is 12.2 Å². The van der Waals surface area contributed by atoms with Crippen molar-refractivity contribution in [1.82, 2.24) is 4.99 Å². The van der Waals surface area contributed by atoms with E-state index in [1.807, 2.05) is 30.3 Å². The lowest BCUT2D eigenvalue weighted by Crippen LogP contribution is -1.79. The van der Waals surface area contributed by atoms with Gasteiger partial charge in [-0.2, -0.15) is 0 Å². The summed E-state index contributed by atoms with van der Waals surface area (Å²) in [6, 6.07) is 14.0. The molecule has 0 amide bonds. The first-order valence-electron chi connectivity index (χ1n) is 3.97. The molecule has 61 valence electrons. The van der Waals surface area contributed by atoms with Crippen molar-refractivity contribution >= 4 is 33.8 Å². The van der Waals surface area contributed by atoms with Crippen LogP contribution in [0.5, 0.6) is 0 Å². The molecule has 0 aliphatic heterocycles.